The van der Waals surface area contributed by atoms with Crippen LogP contribution in [0.4, 0.5) is 0 Å². The van der Waals surface area contributed by atoms with Gasteiger partial charge in [-0.3, -0.25) is 14.2 Å². The first-order chi connectivity index (χ1) is 13.6. The number of carbonyl (C=O) groups excluding carboxylic acids is 1. The Bertz CT molecular complexity index is 1170. The third-order valence-electron chi connectivity index (χ3n) is 4.50. The van der Waals surface area contributed by atoms with Gasteiger partial charge in [-0.25, -0.2) is 14.6 Å². The third kappa shape index (κ3) is 3.52. The van der Waals surface area contributed by atoms with Crippen LogP contribution in [0.1, 0.15) is 18.5 Å². The van der Waals surface area contributed by atoms with E-state index < -0.39 is 0 Å². The number of aromatic nitrogens is 5. The standard InChI is InChI=1S/C20H18N6O2/c1-14(15-6-8-16(9-7-15)26-12-21-11-23-26)24-19(27)10-25-13-22-18-5-3-2-4-17(18)20(25)28/h2-9,11-14H,10H2,1H3,(H,24,27). The highest BCUT2D eigenvalue weighted by Gasteiger charge is 2.12. The van der Waals surface area contributed by atoms with Gasteiger partial charge in [-0.05, 0) is 36.8 Å². The van der Waals surface area contributed by atoms with E-state index in [1.54, 1.807) is 29.2 Å². The lowest BCUT2D eigenvalue weighted by Crippen LogP contribution is -2.34. The Labute approximate surface area is 160 Å². The lowest BCUT2D eigenvalue weighted by Gasteiger charge is -2.15. The van der Waals surface area contributed by atoms with Gasteiger partial charge in [-0.1, -0.05) is 24.3 Å². The number of rotatable bonds is 5. The number of amides is 1. The summed E-state index contributed by atoms with van der Waals surface area (Å²) >= 11 is 0. The average Bonchev–Trinajstić information content (AvgIpc) is 3.25. The van der Waals surface area contributed by atoms with Crippen LogP contribution in [0.15, 0.2) is 72.3 Å². The van der Waals surface area contributed by atoms with Crippen LogP contribution in [0.2, 0.25) is 0 Å². The molecule has 140 valence electrons. The Morgan fingerprint density at radius 2 is 1.89 bits per heavy atom. The van der Waals surface area contributed by atoms with Gasteiger partial charge < -0.3 is 5.32 Å². The second-order valence-electron chi connectivity index (χ2n) is 6.42. The Morgan fingerprint density at radius 1 is 1.11 bits per heavy atom. The molecule has 1 atom stereocenters. The topological polar surface area (TPSA) is 94.7 Å². The van der Waals surface area contributed by atoms with E-state index in [0.717, 1.165) is 11.3 Å². The molecule has 0 saturated heterocycles. The summed E-state index contributed by atoms with van der Waals surface area (Å²) in [5.74, 6) is -0.257. The van der Waals surface area contributed by atoms with Gasteiger partial charge in [0.05, 0.1) is 29.0 Å². The average molecular weight is 374 g/mol. The Morgan fingerprint density at radius 3 is 2.64 bits per heavy atom. The summed E-state index contributed by atoms with van der Waals surface area (Å²) in [7, 11) is 0. The predicted octanol–water partition coefficient (Wildman–Crippen LogP) is 1.85. The molecule has 0 aliphatic heterocycles. The summed E-state index contributed by atoms with van der Waals surface area (Å²) < 4.78 is 2.98. The van der Waals surface area contributed by atoms with Gasteiger partial charge in [-0.2, -0.15) is 5.10 Å². The minimum absolute atomic E-state index is 0.0853. The summed E-state index contributed by atoms with van der Waals surface area (Å²) in [5, 5.41) is 7.49. The molecule has 2 aromatic carbocycles. The van der Waals surface area contributed by atoms with Crippen LogP contribution in [0.3, 0.4) is 0 Å². The summed E-state index contributed by atoms with van der Waals surface area (Å²) in [6, 6.07) is 14.5. The SMILES string of the molecule is CC(NC(=O)Cn1cnc2ccccc2c1=O)c1ccc(-n2cncn2)cc1. The molecular weight excluding hydrogens is 356 g/mol. The van der Waals surface area contributed by atoms with Crippen LogP contribution < -0.4 is 10.9 Å². The number of hydrogen-bond acceptors (Lipinski definition) is 5. The van der Waals surface area contributed by atoms with Crippen LogP contribution in [0.5, 0.6) is 0 Å². The van der Waals surface area contributed by atoms with Crippen molar-refractivity contribution in [2.75, 3.05) is 0 Å². The highest BCUT2D eigenvalue weighted by atomic mass is 16.2. The molecule has 2 aromatic heterocycles. The predicted molar refractivity (Wildman–Crippen MR) is 104 cm³/mol. The number of nitrogens with one attached hydrogen (secondary N) is 1. The summed E-state index contributed by atoms with van der Waals surface area (Å²) in [6.07, 6.45) is 4.50. The Hall–Kier alpha value is -3.81. The van der Waals surface area contributed by atoms with E-state index in [-0.39, 0.29) is 24.1 Å². The lowest BCUT2D eigenvalue weighted by atomic mass is 10.1. The Kier molecular flexibility index (Phi) is 4.67. The van der Waals surface area contributed by atoms with Crippen molar-refractivity contribution in [2.24, 2.45) is 0 Å². The minimum atomic E-state index is -0.257. The molecule has 0 fully saturated rings. The Balaban J connectivity index is 1.45. The molecule has 4 aromatic rings. The van der Waals surface area contributed by atoms with Crippen molar-refractivity contribution < 1.29 is 4.79 Å². The molecule has 0 saturated carbocycles. The maximum Gasteiger partial charge on any atom is 0.261 e. The van der Waals surface area contributed by atoms with Gasteiger partial charge in [-0.15, -0.1) is 0 Å². The lowest BCUT2D eigenvalue weighted by molar-refractivity contribution is -0.122. The first-order valence-corrected chi connectivity index (χ1v) is 8.80. The molecule has 8 nitrogen and oxygen atoms in total. The monoisotopic (exact) mass is 374 g/mol. The smallest absolute Gasteiger partial charge is 0.261 e. The fourth-order valence-electron chi connectivity index (χ4n) is 3.00. The normalized spacial score (nSPS) is 12.0. The summed E-state index contributed by atoms with van der Waals surface area (Å²) in [4.78, 5) is 33.1. The fourth-order valence-corrected chi connectivity index (χ4v) is 3.00. The van der Waals surface area contributed by atoms with E-state index in [1.807, 2.05) is 37.3 Å². The van der Waals surface area contributed by atoms with Crippen LogP contribution in [0, 0.1) is 0 Å². The van der Waals surface area contributed by atoms with Crippen molar-refractivity contribution in [3.05, 3.63) is 83.4 Å². The highest BCUT2D eigenvalue weighted by molar-refractivity contribution is 5.79. The summed E-state index contributed by atoms with van der Waals surface area (Å²) in [5.41, 5.74) is 2.21. The number of carbonyl (C=O) groups is 1. The maximum atomic E-state index is 12.5. The number of para-hydroxylation sites is 1. The first-order valence-electron chi connectivity index (χ1n) is 8.80. The quantitative estimate of drug-likeness (QED) is 0.575. The molecule has 0 spiro atoms. The molecule has 0 aliphatic rings. The van der Waals surface area contributed by atoms with Gasteiger partial charge in [0.1, 0.15) is 19.2 Å². The van der Waals surface area contributed by atoms with Crippen LogP contribution in [0.25, 0.3) is 16.6 Å². The van der Waals surface area contributed by atoms with Gasteiger partial charge in [0.2, 0.25) is 5.91 Å². The van der Waals surface area contributed by atoms with Gasteiger partial charge in [0.15, 0.2) is 0 Å². The second kappa shape index (κ2) is 7.43. The van der Waals surface area contributed by atoms with Crippen LogP contribution >= 0.6 is 0 Å². The zero-order valence-corrected chi connectivity index (χ0v) is 15.2. The van der Waals surface area contributed by atoms with E-state index in [9.17, 15) is 9.59 Å². The molecule has 1 N–H and O–H groups in total. The fraction of sp³-hybridized carbons (Fsp3) is 0.150. The van der Waals surface area contributed by atoms with Crippen molar-refractivity contribution >= 4 is 16.8 Å². The molecule has 28 heavy (non-hydrogen) atoms. The van der Waals surface area contributed by atoms with Gasteiger partial charge in [0.25, 0.3) is 5.56 Å². The molecule has 0 bridgehead atoms. The van der Waals surface area contributed by atoms with E-state index in [0.29, 0.717) is 10.9 Å². The minimum Gasteiger partial charge on any atom is -0.348 e. The van der Waals surface area contributed by atoms with Crippen molar-refractivity contribution in [1.82, 2.24) is 29.6 Å². The highest BCUT2D eigenvalue weighted by Crippen LogP contribution is 2.15. The molecule has 0 aliphatic carbocycles. The van der Waals surface area contributed by atoms with Gasteiger partial charge in [0, 0.05) is 0 Å². The van der Waals surface area contributed by atoms with E-state index in [2.05, 4.69) is 20.4 Å². The molecule has 2 heterocycles. The van der Waals surface area contributed by atoms with E-state index in [1.165, 1.54) is 17.2 Å². The van der Waals surface area contributed by atoms with Crippen molar-refractivity contribution in [1.29, 1.82) is 0 Å². The van der Waals surface area contributed by atoms with Crippen molar-refractivity contribution in [3.8, 4) is 5.69 Å². The van der Waals surface area contributed by atoms with Gasteiger partial charge >= 0.3 is 0 Å². The summed E-state index contributed by atoms with van der Waals surface area (Å²) in [6.45, 7) is 1.81. The molecular formula is C20H18N6O2. The molecule has 4 rings (SSSR count). The maximum absolute atomic E-state index is 12.5. The van der Waals surface area contributed by atoms with E-state index >= 15 is 0 Å². The first kappa shape index (κ1) is 17.6. The van der Waals surface area contributed by atoms with Crippen molar-refractivity contribution in [2.45, 2.75) is 19.5 Å². The molecule has 1 unspecified atom stereocenters. The molecule has 1 amide bonds. The number of benzene rings is 2. The zero-order chi connectivity index (χ0) is 19.5. The largest absolute Gasteiger partial charge is 0.348 e. The van der Waals surface area contributed by atoms with Crippen LogP contribution in [-0.4, -0.2) is 30.2 Å². The zero-order valence-electron chi connectivity index (χ0n) is 15.2. The van der Waals surface area contributed by atoms with E-state index in [4.69, 9.17) is 0 Å². The second-order valence-corrected chi connectivity index (χ2v) is 6.42. The van der Waals surface area contributed by atoms with Crippen LogP contribution in [-0.2, 0) is 11.3 Å². The number of nitrogens with zero attached hydrogens (tertiary/aromatic N) is 5. The third-order valence-corrected chi connectivity index (χ3v) is 4.50. The van der Waals surface area contributed by atoms with Crippen molar-refractivity contribution in [3.63, 3.8) is 0 Å². The molecule has 8 heteroatoms. The number of fused-ring (bicyclic) bond motifs is 1. The number of hydrogen-bond donors (Lipinski definition) is 1. The molecule has 0 radical (unpaired) electrons.